The van der Waals surface area contributed by atoms with Crippen LogP contribution in [0.25, 0.3) is 0 Å². The van der Waals surface area contributed by atoms with Crippen molar-refractivity contribution < 1.29 is 23.2 Å². The van der Waals surface area contributed by atoms with E-state index in [1.807, 2.05) is 30.3 Å². The van der Waals surface area contributed by atoms with Crippen LogP contribution in [-0.4, -0.2) is 27.2 Å². The number of alkyl halides is 2. The van der Waals surface area contributed by atoms with Crippen molar-refractivity contribution in [2.24, 2.45) is 0 Å². The van der Waals surface area contributed by atoms with E-state index in [1.54, 1.807) is 6.07 Å². The zero-order chi connectivity index (χ0) is 22.5. The number of hydrogen-bond donors (Lipinski definition) is 1. The Kier molecular flexibility index (Phi) is 6.58. The first kappa shape index (κ1) is 21.9. The quantitative estimate of drug-likeness (QED) is 0.426. The first-order valence-electron chi connectivity index (χ1n) is 9.34. The van der Waals surface area contributed by atoms with E-state index in [-0.39, 0.29) is 29.4 Å². The Morgan fingerprint density at radius 3 is 2.55 bits per heavy atom. The zero-order valence-corrected chi connectivity index (χ0v) is 16.8. The van der Waals surface area contributed by atoms with Crippen molar-refractivity contribution in [3.8, 4) is 5.75 Å². The summed E-state index contributed by atoms with van der Waals surface area (Å²) in [6.45, 7) is -0.197. The fourth-order valence-electron chi connectivity index (χ4n) is 3.26. The van der Waals surface area contributed by atoms with Gasteiger partial charge in [-0.05, 0) is 37.6 Å². The van der Waals surface area contributed by atoms with Crippen molar-refractivity contribution in [2.45, 2.75) is 33.4 Å². The minimum Gasteiger partial charge on any atom is -0.435 e. The number of aromatic nitrogens is 2. The van der Waals surface area contributed by atoms with E-state index >= 15 is 0 Å². The molecule has 0 aliphatic carbocycles. The highest BCUT2D eigenvalue weighted by Crippen LogP contribution is 2.27. The Balaban J connectivity index is 1.79. The summed E-state index contributed by atoms with van der Waals surface area (Å²) in [5, 5.41) is 17.8. The molecule has 0 fully saturated rings. The molecule has 31 heavy (non-hydrogen) atoms. The van der Waals surface area contributed by atoms with Gasteiger partial charge in [-0.3, -0.25) is 19.6 Å². The number of rotatable bonds is 8. The topological polar surface area (TPSA) is 99.3 Å². The number of nitrogens with one attached hydrogen (secondary N) is 1. The molecule has 0 spiro atoms. The predicted molar refractivity (Wildman–Crippen MR) is 109 cm³/mol. The fourth-order valence-corrected chi connectivity index (χ4v) is 3.26. The van der Waals surface area contributed by atoms with Gasteiger partial charge < -0.3 is 10.1 Å². The minimum absolute atomic E-state index is 0.0195. The van der Waals surface area contributed by atoms with Crippen LogP contribution in [0.4, 0.5) is 20.2 Å². The van der Waals surface area contributed by atoms with Gasteiger partial charge in [0.05, 0.1) is 4.92 Å². The molecular formula is C21H20F2N4O4. The third-order valence-corrected chi connectivity index (χ3v) is 4.62. The third-order valence-electron chi connectivity index (χ3n) is 4.62. The Morgan fingerprint density at radius 2 is 1.94 bits per heavy atom. The molecule has 0 aliphatic rings. The number of benzene rings is 2. The van der Waals surface area contributed by atoms with Crippen LogP contribution in [0.5, 0.6) is 5.75 Å². The molecule has 1 N–H and O–H groups in total. The van der Waals surface area contributed by atoms with Crippen LogP contribution in [0.1, 0.15) is 22.5 Å². The van der Waals surface area contributed by atoms with Gasteiger partial charge in [0, 0.05) is 17.7 Å². The maximum absolute atomic E-state index is 12.8. The Bertz CT molecular complexity index is 1100. The fraction of sp³-hybridized carbons (Fsp3) is 0.238. The van der Waals surface area contributed by atoms with Gasteiger partial charge in [0.25, 0.3) is 0 Å². The van der Waals surface area contributed by atoms with Crippen LogP contribution in [-0.2, 0) is 17.8 Å². The van der Waals surface area contributed by atoms with Gasteiger partial charge in [-0.2, -0.15) is 13.9 Å². The maximum Gasteiger partial charge on any atom is 0.387 e. The summed E-state index contributed by atoms with van der Waals surface area (Å²) in [7, 11) is 0. The molecule has 3 rings (SSSR count). The van der Waals surface area contributed by atoms with Crippen molar-refractivity contribution in [1.82, 2.24) is 9.78 Å². The van der Waals surface area contributed by atoms with E-state index in [4.69, 9.17) is 0 Å². The van der Waals surface area contributed by atoms with Gasteiger partial charge in [0.15, 0.2) is 0 Å². The van der Waals surface area contributed by atoms with E-state index in [0.29, 0.717) is 17.7 Å². The zero-order valence-electron chi connectivity index (χ0n) is 16.8. The van der Waals surface area contributed by atoms with Crippen LogP contribution in [0.3, 0.4) is 0 Å². The van der Waals surface area contributed by atoms with Crippen LogP contribution in [0.2, 0.25) is 0 Å². The van der Waals surface area contributed by atoms with Crippen LogP contribution < -0.4 is 10.1 Å². The minimum atomic E-state index is -2.98. The highest BCUT2D eigenvalue weighted by molar-refractivity contribution is 5.90. The van der Waals surface area contributed by atoms with E-state index in [9.17, 15) is 23.7 Å². The van der Waals surface area contributed by atoms with Crippen LogP contribution in [0.15, 0.2) is 48.5 Å². The first-order chi connectivity index (χ1) is 14.7. The molecule has 0 atom stereocenters. The van der Waals surface area contributed by atoms with E-state index in [2.05, 4.69) is 15.2 Å². The lowest BCUT2D eigenvalue weighted by Gasteiger charge is -2.14. The summed E-state index contributed by atoms with van der Waals surface area (Å²) in [5.41, 5.74) is 2.10. The molecule has 2 aromatic carbocycles. The van der Waals surface area contributed by atoms with Gasteiger partial charge in [0.1, 0.15) is 23.7 Å². The van der Waals surface area contributed by atoms with Crippen LogP contribution in [0, 0.1) is 24.0 Å². The number of carbonyl (C=O) groups is 1. The monoisotopic (exact) mass is 430 g/mol. The van der Waals surface area contributed by atoms with Gasteiger partial charge in [-0.25, -0.2) is 0 Å². The van der Waals surface area contributed by atoms with Crippen molar-refractivity contribution in [3.63, 3.8) is 0 Å². The highest BCUT2D eigenvalue weighted by Gasteiger charge is 2.23. The summed E-state index contributed by atoms with van der Waals surface area (Å²) in [5.74, 6) is -0.445. The Labute approximate surface area is 176 Å². The van der Waals surface area contributed by atoms with E-state index in [0.717, 1.165) is 5.56 Å². The number of halogens is 2. The Hall–Kier alpha value is -3.82. The lowest BCUT2D eigenvalue weighted by Crippen LogP contribution is -2.20. The molecule has 0 saturated carbocycles. The van der Waals surface area contributed by atoms with Crippen molar-refractivity contribution in [3.05, 3.63) is 81.2 Å². The molecule has 1 aromatic heterocycles. The third kappa shape index (κ3) is 5.41. The molecule has 8 nitrogen and oxygen atoms in total. The number of ether oxygens (including phenoxy) is 1. The number of nitro groups is 1. The summed E-state index contributed by atoms with van der Waals surface area (Å²) < 4.78 is 31.4. The average molecular weight is 430 g/mol. The number of aryl methyl sites for hydroxylation is 1. The number of carbonyl (C=O) groups excluding carboxylic acids is 1. The summed E-state index contributed by atoms with van der Waals surface area (Å²) in [6, 6.07) is 13.6. The molecule has 0 radical (unpaired) electrons. The number of nitrogens with zero attached hydrogens (tertiary/aromatic N) is 3. The lowest BCUT2D eigenvalue weighted by molar-refractivity contribution is -0.386. The molecular weight excluding hydrogens is 410 g/mol. The van der Waals surface area contributed by atoms with Gasteiger partial charge >= 0.3 is 12.3 Å². The predicted octanol–water partition coefficient (Wildman–Crippen LogP) is 4.24. The van der Waals surface area contributed by atoms with Crippen molar-refractivity contribution >= 4 is 17.3 Å². The largest absolute Gasteiger partial charge is 0.435 e. The van der Waals surface area contributed by atoms with Crippen molar-refractivity contribution in [2.75, 3.05) is 5.32 Å². The SMILES string of the molecule is Cc1nn(CC(=O)Nc2ccc(OC(F)F)c(Cc3ccccc3)c2)c(C)c1[N+](=O)[O-]. The van der Waals surface area contributed by atoms with Crippen LogP contribution >= 0.6 is 0 Å². The molecule has 1 amide bonds. The highest BCUT2D eigenvalue weighted by atomic mass is 19.3. The number of hydrogen-bond acceptors (Lipinski definition) is 5. The molecule has 10 heteroatoms. The smallest absolute Gasteiger partial charge is 0.387 e. The van der Waals surface area contributed by atoms with Crippen molar-refractivity contribution in [1.29, 1.82) is 0 Å². The van der Waals surface area contributed by atoms with Gasteiger partial charge in [0.2, 0.25) is 5.91 Å². The molecule has 0 unspecified atom stereocenters. The Morgan fingerprint density at radius 1 is 1.23 bits per heavy atom. The summed E-state index contributed by atoms with van der Waals surface area (Å²) in [6.07, 6.45) is 0.330. The average Bonchev–Trinajstić information content (AvgIpc) is 2.97. The second-order valence-corrected chi connectivity index (χ2v) is 6.85. The van der Waals surface area contributed by atoms with Gasteiger partial charge in [-0.15, -0.1) is 0 Å². The van der Waals surface area contributed by atoms with E-state index < -0.39 is 17.4 Å². The summed E-state index contributed by atoms with van der Waals surface area (Å²) >= 11 is 0. The second kappa shape index (κ2) is 9.33. The maximum atomic E-state index is 12.8. The first-order valence-corrected chi connectivity index (χ1v) is 9.34. The lowest BCUT2D eigenvalue weighted by atomic mass is 10.0. The summed E-state index contributed by atoms with van der Waals surface area (Å²) in [4.78, 5) is 23.0. The number of anilines is 1. The number of amides is 1. The van der Waals surface area contributed by atoms with Gasteiger partial charge in [-0.1, -0.05) is 30.3 Å². The molecule has 0 aliphatic heterocycles. The molecule has 162 valence electrons. The molecule has 0 saturated heterocycles. The standard InChI is InChI=1S/C21H20F2N4O4/c1-13-20(27(29)30)14(2)26(25-13)12-19(28)24-17-8-9-18(31-21(22)23)16(11-17)10-15-6-4-3-5-7-15/h3-9,11,21H,10,12H2,1-2H3,(H,24,28). The molecule has 0 bridgehead atoms. The molecule has 1 heterocycles. The molecule has 3 aromatic rings. The second-order valence-electron chi connectivity index (χ2n) is 6.85. The normalized spacial score (nSPS) is 10.9. The van der Waals surface area contributed by atoms with E-state index in [1.165, 1.54) is 30.7 Å².